The largest absolute Gasteiger partial charge is 0.295 e. The molecule has 0 saturated carbocycles. The van der Waals surface area contributed by atoms with Gasteiger partial charge in [-0.1, -0.05) is 30.3 Å². The summed E-state index contributed by atoms with van der Waals surface area (Å²) in [5, 5.41) is 4.36. The number of aliphatic imine (C=N–C) groups is 1. The topological polar surface area (TPSA) is 87.5 Å². The molecule has 0 bridgehead atoms. The molecule has 1 aliphatic heterocycles. The van der Waals surface area contributed by atoms with E-state index in [1.807, 2.05) is 43.3 Å². The van der Waals surface area contributed by atoms with Crippen molar-refractivity contribution in [2.24, 2.45) is 4.99 Å². The number of para-hydroxylation sites is 1. The second-order valence-corrected chi connectivity index (χ2v) is 7.41. The monoisotopic (exact) mass is 410 g/mol. The molecule has 0 saturated heterocycles. The number of amides is 2. The van der Waals surface area contributed by atoms with Gasteiger partial charge in [-0.25, -0.2) is 4.68 Å². The molecule has 0 fully saturated rings. The normalized spacial score (nSPS) is 13.5. The van der Waals surface area contributed by atoms with Gasteiger partial charge in [-0.15, -0.1) is 0 Å². The maximum absolute atomic E-state index is 12.9. The van der Waals surface area contributed by atoms with Crippen LogP contribution in [-0.4, -0.2) is 39.8 Å². The highest BCUT2D eigenvalue weighted by Crippen LogP contribution is 2.35. The van der Waals surface area contributed by atoms with Gasteiger partial charge >= 0.3 is 0 Å². The first kappa shape index (κ1) is 18.7. The molecule has 152 valence electrons. The van der Waals surface area contributed by atoms with E-state index in [9.17, 15) is 14.4 Å². The molecule has 7 nitrogen and oxygen atoms in total. The van der Waals surface area contributed by atoms with Gasteiger partial charge in [-0.2, -0.15) is 0 Å². The first-order chi connectivity index (χ1) is 15.0. The molecule has 5 rings (SSSR count). The van der Waals surface area contributed by atoms with Crippen LogP contribution in [0.2, 0.25) is 0 Å². The summed E-state index contributed by atoms with van der Waals surface area (Å²) in [6.45, 7) is 1.81. The lowest BCUT2D eigenvalue weighted by molar-refractivity contribution is 0.0650. The Labute approximate surface area is 177 Å². The van der Waals surface area contributed by atoms with Crippen LogP contribution in [0.3, 0.4) is 0 Å². The lowest BCUT2D eigenvalue weighted by Gasteiger charge is -2.24. The van der Waals surface area contributed by atoms with Crippen molar-refractivity contribution in [2.75, 3.05) is 7.05 Å². The minimum atomic E-state index is -0.337. The van der Waals surface area contributed by atoms with E-state index in [-0.39, 0.29) is 17.4 Å². The maximum atomic E-state index is 12.9. The van der Waals surface area contributed by atoms with E-state index >= 15 is 0 Å². The van der Waals surface area contributed by atoms with Crippen LogP contribution in [-0.2, 0) is 0 Å². The number of aromatic amines is 1. The summed E-state index contributed by atoms with van der Waals surface area (Å²) in [4.78, 5) is 43.7. The van der Waals surface area contributed by atoms with E-state index in [2.05, 4.69) is 10.1 Å². The number of hydrogen-bond donors (Lipinski definition) is 1. The summed E-state index contributed by atoms with van der Waals surface area (Å²) in [6, 6.07) is 18.0. The van der Waals surface area contributed by atoms with Crippen LogP contribution in [0.1, 0.15) is 32.0 Å². The molecule has 31 heavy (non-hydrogen) atoms. The number of hydrogen-bond acceptors (Lipinski definition) is 4. The van der Waals surface area contributed by atoms with Crippen molar-refractivity contribution in [1.82, 2.24) is 14.7 Å². The number of nitrogens with one attached hydrogen (secondary N) is 1. The fourth-order valence-electron chi connectivity index (χ4n) is 3.92. The Morgan fingerprint density at radius 2 is 1.58 bits per heavy atom. The van der Waals surface area contributed by atoms with Crippen molar-refractivity contribution in [1.29, 1.82) is 0 Å². The number of nitrogens with zero attached hydrogens (tertiary/aromatic N) is 3. The molecule has 0 radical (unpaired) electrons. The van der Waals surface area contributed by atoms with E-state index in [4.69, 9.17) is 0 Å². The maximum Gasteiger partial charge on any atom is 0.280 e. The molecule has 0 atom stereocenters. The SMILES string of the molecule is Cc1[nH]n(-c2ccccc2)c(=O)c1C=Nc1ccc2c3c(cccc13)C(=O)N(C)C2=O. The highest BCUT2D eigenvalue weighted by molar-refractivity contribution is 6.26. The molecule has 7 heteroatoms. The first-order valence-corrected chi connectivity index (χ1v) is 9.76. The van der Waals surface area contributed by atoms with Crippen molar-refractivity contribution in [3.8, 4) is 5.69 Å². The first-order valence-electron chi connectivity index (χ1n) is 9.76. The van der Waals surface area contributed by atoms with Gasteiger partial charge in [0.1, 0.15) is 0 Å². The number of aromatic nitrogens is 2. The summed E-state index contributed by atoms with van der Waals surface area (Å²) in [5.41, 5.74) is 3.17. The second kappa shape index (κ2) is 6.91. The molecule has 0 aliphatic carbocycles. The third-order valence-electron chi connectivity index (χ3n) is 5.55. The number of rotatable bonds is 3. The third-order valence-corrected chi connectivity index (χ3v) is 5.55. The molecule has 1 aliphatic rings. The van der Waals surface area contributed by atoms with Crippen molar-refractivity contribution in [3.05, 3.63) is 93.4 Å². The standard InChI is InChI=1S/C24H18N4O3/c1-14-19(24(31)28(26-14)15-7-4-3-5-8-15)13-25-20-12-11-18-21-16(20)9-6-10-17(21)22(29)27(2)23(18)30/h3-13,26H,1-2H3. The van der Waals surface area contributed by atoms with E-state index < -0.39 is 0 Å². The summed E-state index contributed by atoms with van der Waals surface area (Å²) in [5.74, 6) is -0.673. The van der Waals surface area contributed by atoms with Crippen LogP contribution >= 0.6 is 0 Å². The number of carbonyl (C=O) groups excluding carboxylic acids is 2. The van der Waals surface area contributed by atoms with Gasteiger partial charge in [0, 0.05) is 40.9 Å². The predicted molar refractivity (Wildman–Crippen MR) is 119 cm³/mol. The van der Waals surface area contributed by atoms with E-state index in [1.54, 1.807) is 24.3 Å². The molecule has 2 heterocycles. The molecular weight excluding hydrogens is 392 g/mol. The van der Waals surface area contributed by atoms with E-state index in [1.165, 1.54) is 17.9 Å². The van der Waals surface area contributed by atoms with Crippen LogP contribution < -0.4 is 5.56 Å². The Balaban J connectivity index is 1.63. The van der Waals surface area contributed by atoms with Crippen LogP contribution in [0.25, 0.3) is 16.5 Å². The number of benzene rings is 3. The molecule has 1 N–H and O–H groups in total. The van der Waals surface area contributed by atoms with Crippen LogP contribution in [0.5, 0.6) is 0 Å². The molecule has 3 aromatic carbocycles. The number of H-pyrrole nitrogens is 1. The van der Waals surface area contributed by atoms with Gasteiger partial charge in [0.25, 0.3) is 17.4 Å². The quantitative estimate of drug-likeness (QED) is 0.413. The van der Waals surface area contributed by atoms with Gasteiger partial charge < -0.3 is 0 Å². The molecule has 2 amide bonds. The fourth-order valence-corrected chi connectivity index (χ4v) is 3.92. The predicted octanol–water partition coefficient (Wildman–Crippen LogP) is 3.60. The number of imide groups is 1. The van der Waals surface area contributed by atoms with Gasteiger partial charge in [0.05, 0.1) is 16.9 Å². The highest BCUT2D eigenvalue weighted by Gasteiger charge is 2.30. The van der Waals surface area contributed by atoms with Crippen molar-refractivity contribution in [3.63, 3.8) is 0 Å². The molecular formula is C24H18N4O3. The second-order valence-electron chi connectivity index (χ2n) is 7.41. The lowest BCUT2D eigenvalue weighted by Crippen LogP contribution is -2.36. The van der Waals surface area contributed by atoms with Crippen LogP contribution in [0.4, 0.5) is 5.69 Å². The van der Waals surface area contributed by atoms with E-state index in [0.29, 0.717) is 38.8 Å². The van der Waals surface area contributed by atoms with Gasteiger partial charge in [-0.05, 0) is 37.3 Å². The Morgan fingerprint density at radius 3 is 2.32 bits per heavy atom. The summed E-state index contributed by atoms with van der Waals surface area (Å²) < 4.78 is 1.47. The van der Waals surface area contributed by atoms with Gasteiger partial charge in [0.2, 0.25) is 0 Å². The van der Waals surface area contributed by atoms with Gasteiger partial charge in [-0.3, -0.25) is 29.4 Å². The Morgan fingerprint density at radius 1 is 0.871 bits per heavy atom. The zero-order chi connectivity index (χ0) is 21.7. The Bertz CT molecular complexity index is 1440. The average Bonchev–Trinajstić information content (AvgIpc) is 3.08. The van der Waals surface area contributed by atoms with Crippen LogP contribution in [0, 0.1) is 6.92 Å². The van der Waals surface area contributed by atoms with E-state index in [0.717, 1.165) is 10.6 Å². The minimum absolute atomic E-state index is 0.206. The van der Waals surface area contributed by atoms with Crippen molar-refractivity contribution >= 4 is 34.5 Å². The zero-order valence-corrected chi connectivity index (χ0v) is 16.9. The zero-order valence-electron chi connectivity index (χ0n) is 16.9. The molecule has 1 aromatic heterocycles. The minimum Gasteiger partial charge on any atom is -0.295 e. The lowest BCUT2D eigenvalue weighted by atomic mass is 9.93. The number of aryl methyl sites for hydroxylation is 1. The molecule has 0 spiro atoms. The van der Waals surface area contributed by atoms with Gasteiger partial charge in [0.15, 0.2) is 0 Å². The fraction of sp³-hybridized carbons (Fsp3) is 0.0833. The summed E-state index contributed by atoms with van der Waals surface area (Å²) in [7, 11) is 1.48. The Hall–Kier alpha value is -4.26. The molecule has 4 aromatic rings. The average molecular weight is 410 g/mol. The molecule has 0 unspecified atom stereocenters. The van der Waals surface area contributed by atoms with Crippen molar-refractivity contribution in [2.45, 2.75) is 6.92 Å². The van der Waals surface area contributed by atoms with Crippen molar-refractivity contribution < 1.29 is 9.59 Å². The van der Waals surface area contributed by atoms with Crippen LogP contribution in [0.15, 0.2) is 70.5 Å². The summed E-state index contributed by atoms with van der Waals surface area (Å²) >= 11 is 0. The third kappa shape index (κ3) is 2.82. The Kier molecular flexibility index (Phi) is 4.18. The highest BCUT2D eigenvalue weighted by atomic mass is 16.2. The summed E-state index contributed by atoms with van der Waals surface area (Å²) in [6.07, 6.45) is 1.52. The number of carbonyl (C=O) groups is 2. The smallest absolute Gasteiger partial charge is 0.280 e.